The molecule has 0 unspecified atom stereocenters. The molecule has 106 valence electrons. The van der Waals surface area contributed by atoms with Gasteiger partial charge in [-0.15, -0.1) is 0 Å². The van der Waals surface area contributed by atoms with Gasteiger partial charge >= 0.3 is 0 Å². The average molecular weight is 278 g/mol. The van der Waals surface area contributed by atoms with Gasteiger partial charge in [-0.1, -0.05) is 30.3 Å². The van der Waals surface area contributed by atoms with Crippen LogP contribution in [0.5, 0.6) is 0 Å². The van der Waals surface area contributed by atoms with E-state index < -0.39 is 0 Å². The van der Waals surface area contributed by atoms with E-state index in [1.54, 1.807) is 6.20 Å². The van der Waals surface area contributed by atoms with Crippen molar-refractivity contribution in [2.75, 3.05) is 11.9 Å². The minimum absolute atomic E-state index is 0.797. The average Bonchev–Trinajstić information content (AvgIpc) is 3.08. The topological polar surface area (TPSA) is 38.1 Å². The number of aryl methyl sites for hydroxylation is 1. The highest BCUT2D eigenvalue weighted by atomic mass is 16.3. The highest BCUT2D eigenvalue weighted by molar-refractivity contribution is 5.60. The number of rotatable bonds is 6. The van der Waals surface area contributed by atoms with Gasteiger partial charge in [0.05, 0.1) is 6.20 Å². The molecule has 3 heteroatoms. The van der Waals surface area contributed by atoms with Crippen molar-refractivity contribution in [1.82, 2.24) is 4.98 Å². The lowest BCUT2D eigenvalue weighted by Gasteiger charge is -2.07. The van der Waals surface area contributed by atoms with Crippen LogP contribution in [0.1, 0.15) is 12.0 Å². The predicted octanol–water partition coefficient (Wildman–Crippen LogP) is 4.39. The van der Waals surface area contributed by atoms with Crippen LogP contribution in [0.3, 0.4) is 0 Å². The van der Waals surface area contributed by atoms with Crippen molar-refractivity contribution in [3.8, 4) is 11.3 Å². The zero-order valence-corrected chi connectivity index (χ0v) is 11.8. The largest absolute Gasteiger partial charge is 0.444 e. The lowest BCUT2D eigenvalue weighted by atomic mass is 10.1. The molecule has 2 aromatic carbocycles. The molecule has 3 rings (SSSR count). The van der Waals surface area contributed by atoms with E-state index in [2.05, 4.69) is 52.8 Å². The second kappa shape index (κ2) is 6.75. The minimum Gasteiger partial charge on any atom is -0.444 e. The van der Waals surface area contributed by atoms with Crippen molar-refractivity contribution >= 4 is 5.69 Å². The van der Waals surface area contributed by atoms with Gasteiger partial charge in [0, 0.05) is 17.8 Å². The van der Waals surface area contributed by atoms with E-state index in [1.807, 2.05) is 12.1 Å². The number of anilines is 1. The molecule has 0 fully saturated rings. The first kappa shape index (κ1) is 13.4. The standard InChI is InChI=1S/C18H18N2O/c1-2-5-15(6-3-1)7-4-12-20-17-10-8-16(9-11-17)18-13-19-14-21-18/h1-3,5-6,8-11,13-14,20H,4,7,12H2. The van der Waals surface area contributed by atoms with E-state index in [-0.39, 0.29) is 0 Å². The number of benzene rings is 2. The van der Waals surface area contributed by atoms with Crippen molar-refractivity contribution in [3.63, 3.8) is 0 Å². The molecular weight excluding hydrogens is 260 g/mol. The molecule has 0 aliphatic heterocycles. The first-order valence-electron chi connectivity index (χ1n) is 7.18. The van der Waals surface area contributed by atoms with Crippen LogP contribution in [-0.4, -0.2) is 11.5 Å². The monoisotopic (exact) mass is 278 g/mol. The van der Waals surface area contributed by atoms with Gasteiger partial charge in [-0.2, -0.15) is 0 Å². The third kappa shape index (κ3) is 3.72. The molecule has 0 aliphatic carbocycles. The van der Waals surface area contributed by atoms with E-state index in [0.29, 0.717) is 0 Å². The molecule has 0 spiro atoms. The molecule has 0 atom stereocenters. The molecule has 0 saturated carbocycles. The van der Waals surface area contributed by atoms with E-state index in [9.17, 15) is 0 Å². The third-order valence-electron chi connectivity index (χ3n) is 3.42. The van der Waals surface area contributed by atoms with Crippen LogP contribution in [-0.2, 0) is 6.42 Å². The molecule has 1 aromatic heterocycles. The summed E-state index contributed by atoms with van der Waals surface area (Å²) in [6.07, 6.45) is 5.39. The quantitative estimate of drug-likeness (QED) is 0.680. The van der Waals surface area contributed by atoms with E-state index in [0.717, 1.165) is 36.4 Å². The number of hydrogen-bond donors (Lipinski definition) is 1. The Bertz CT molecular complexity index is 645. The highest BCUT2D eigenvalue weighted by Gasteiger charge is 2.00. The molecule has 1 N–H and O–H groups in total. The van der Waals surface area contributed by atoms with Crippen LogP contribution in [0.15, 0.2) is 71.6 Å². The molecule has 3 aromatic rings. The van der Waals surface area contributed by atoms with Crippen molar-refractivity contribution in [1.29, 1.82) is 0 Å². The Morgan fingerprint density at radius 2 is 1.76 bits per heavy atom. The smallest absolute Gasteiger partial charge is 0.181 e. The summed E-state index contributed by atoms with van der Waals surface area (Å²) in [5.74, 6) is 0.797. The Morgan fingerprint density at radius 1 is 0.952 bits per heavy atom. The van der Waals surface area contributed by atoms with Gasteiger partial charge in [0.25, 0.3) is 0 Å². The fourth-order valence-corrected chi connectivity index (χ4v) is 2.28. The molecule has 0 amide bonds. The van der Waals surface area contributed by atoms with Crippen LogP contribution in [0.4, 0.5) is 5.69 Å². The molecule has 0 radical (unpaired) electrons. The Morgan fingerprint density at radius 3 is 2.48 bits per heavy atom. The van der Waals surface area contributed by atoms with Crippen molar-refractivity contribution in [2.45, 2.75) is 12.8 Å². The summed E-state index contributed by atoms with van der Waals surface area (Å²) in [6, 6.07) is 18.8. The van der Waals surface area contributed by atoms with Gasteiger partial charge in [-0.25, -0.2) is 4.98 Å². The van der Waals surface area contributed by atoms with Crippen molar-refractivity contribution in [2.24, 2.45) is 0 Å². The molecule has 0 bridgehead atoms. The molecule has 1 heterocycles. The first-order chi connectivity index (χ1) is 10.4. The van der Waals surface area contributed by atoms with Gasteiger partial charge in [-0.05, 0) is 42.7 Å². The number of oxazole rings is 1. The van der Waals surface area contributed by atoms with E-state index >= 15 is 0 Å². The summed E-state index contributed by atoms with van der Waals surface area (Å²) >= 11 is 0. The van der Waals surface area contributed by atoms with Crippen LogP contribution in [0, 0.1) is 0 Å². The maximum atomic E-state index is 5.28. The molecule has 0 saturated heterocycles. The molecule has 21 heavy (non-hydrogen) atoms. The predicted molar refractivity (Wildman–Crippen MR) is 85.2 cm³/mol. The number of aromatic nitrogens is 1. The minimum atomic E-state index is 0.797. The molecular formula is C18H18N2O. The number of nitrogens with zero attached hydrogens (tertiary/aromatic N) is 1. The SMILES string of the molecule is c1ccc(CCCNc2ccc(-c3cnco3)cc2)cc1. The summed E-state index contributed by atoms with van der Waals surface area (Å²) in [5.41, 5.74) is 3.56. The Hall–Kier alpha value is -2.55. The van der Waals surface area contributed by atoms with E-state index in [4.69, 9.17) is 4.42 Å². The van der Waals surface area contributed by atoms with Crippen molar-refractivity contribution in [3.05, 3.63) is 72.8 Å². The number of hydrogen-bond acceptors (Lipinski definition) is 3. The van der Waals surface area contributed by atoms with Gasteiger partial charge in [-0.3, -0.25) is 0 Å². The number of nitrogens with one attached hydrogen (secondary N) is 1. The summed E-state index contributed by atoms with van der Waals surface area (Å²) in [6.45, 7) is 0.969. The van der Waals surface area contributed by atoms with Gasteiger partial charge in [0.1, 0.15) is 0 Å². The zero-order chi connectivity index (χ0) is 14.3. The van der Waals surface area contributed by atoms with E-state index in [1.165, 1.54) is 12.0 Å². The van der Waals surface area contributed by atoms with Gasteiger partial charge in [0.2, 0.25) is 0 Å². The molecule has 0 aliphatic rings. The fourth-order valence-electron chi connectivity index (χ4n) is 2.28. The van der Waals surface area contributed by atoms with Crippen LogP contribution in [0.2, 0.25) is 0 Å². The maximum absolute atomic E-state index is 5.28. The van der Waals surface area contributed by atoms with Crippen molar-refractivity contribution < 1.29 is 4.42 Å². The normalized spacial score (nSPS) is 10.5. The Labute approximate surface area is 124 Å². The Kier molecular flexibility index (Phi) is 4.32. The van der Waals surface area contributed by atoms with Crippen LogP contribution in [0.25, 0.3) is 11.3 Å². The fraction of sp³-hybridized carbons (Fsp3) is 0.167. The lowest BCUT2D eigenvalue weighted by Crippen LogP contribution is -2.02. The molecule has 3 nitrogen and oxygen atoms in total. The second-order valence-corrected chi connectivity index (χ2v) is 4.96. The second-order valence-electron chi connectivity index (χ2n) is 4.96. The van der Waals surface area contributed by atoms with Gasteiger partial charge in [0.15, 0.2) is 12.2 Å². The maximum Gasteiger partial charge on any atom is 0.181 e. The summed E-state index contributed by atoms with van der Waals surface area (Å²) in [7, 11) is 0. The lowest BCUT2D eigenvalue weighted by molar-refractivity contribution is 0.572. The van der Waals surface area contributed by atoms with Gasteiger partial charge < -0.3 is 9.73 Å². The summed E-state index contributed by atoms with van der Waals surface area (Å²) in [4.78, 5) is 3.93. The van der Waals surface area contributed by atoms with Crippen LogP contribution >= 0.6 is 0 Å². The van der Waals surface area contributed by atoms with Crippen LogP contribution < -0.4 is 5.32 Å². The first-order valence-corrected chi connectivity index (χ1v) is 7.18. The third-order valence-corrected chi connectivity index (χ3v) is 3.42. The highest BCUT2D eigenvalue weighted by Crippen LogP contribution is 2.20. The Balaban J connectivity index is 1.47. The summed E-state index contributed by atoms with van der Waals surface area (Å²) in [5, 5.41) is 3.44. The summed E-state index contributed by atoms with van der Waals surface area (Å²) < 4.78 is 5.28. The zero-order valence-electron chi connectivity index (χ0n) is 11.8.